The van der Waals surface area contributed by atoms with Crippen LogP contribution in [0.25, 0.3) is 0 Å². The number of aliphatic hydroxyl groups excluding tert-OH is 1. The van der Waals surface area contributed by atoms with Gasteiger partial charge in [-0.2, -0.15) is 0 Å². The van der Waals surface area contributed by atoms with Gasteiger partial charge in [0.15, 0.2) is 0 Å². The number of morpholine rings is 1. The lowest BCUT2D eigenvalue weighted by Gasteiger charge is -2.39. The minimum Gasteiger partial charge on any atom is -0.393 e. The van der Waals surface area contributed by atoms with Gasteiger partial charge in [-0.25, -0.2) is 0 Å². The van der Waals surface area contributed by atoms with E-state index in [-0.39, 0.29) is 6.10 Å². The van der Waals surface area contributed by atoms with Crippen LogP contribution in [0.15, 0.2) is 0 Å². The standard InChI is InChI=1S/C13H26N2O2/c1-3-11-8-15(5-4-13(11)16)10-12-9-14(2)6-7-17-12/h11-13,16H,3-10H2,1-2H3. The zero-order chi connectivity index (χ0) is 12.3. The van der Waals surface area contributed by atoms with Gasteiger partial charge in [0.25, 0.3) is 0 Å². The number of aliphatic hydroxyl groups is 1. The molecule has 0 aromatic carbocycles. The first kappa shape index (κ1) is 13.3. The molecule has 2 aliphatic rings. The maximum absolute atomic E-state index is 9.87. The number of likely N-dealkylation sites (tertiary alicyclic amines) is 1. The van der Waals surface area contributed by atoms with Gasteiger partial charge in [-0.3, -0.25) is 0 Å². The third-order valence-electron chi connectivity index (χ3n) is 4.11. The molecule has 3 atom stereocenters. The van der Waals surface area contributed by atoms with E-state index < -0.39 is 0 Å². The molecule has 0 aromatic rings. The van der Waals surface area contributed by atoms with Crippen LogP contribution < -0.4 is 0 Å². The molecule has 0 aliphatic carbocycles. The van der Waals surface area contributed by atoms with Gasteiger partial charge in [0.1, 0.15) is 0 Å². The van der Waals surface area contributed by atoms with Crippen molar-refractivity contribution in [1.82, 2.24) is 9.80 Å². The molecule has 2 rings (SSSR count). The largest absolute Gasteiger partial charge is 0.393 e. The average Bonchev–Trinajstić information content (AvgIpc) is 2.32. The van der Waals surface area contributed by atoms with Crippen LogP contribution in [0, 0.1) is 5.92 Å². The average molecular weight is 242 g/mol. The molecule has 2 saturated heterocycles. The van der Waals surface area contributed by atoms with Crippen LogP contribution in [0.1, 0.15) is 19.8 Å². The summed E-state index contributed by atoms with van der Waals surface area (Å²) in [5.41, 5.74) is 0. The summed E-state index contributed by atoms with van der Waals surface area (Å²) >= 11 is 0. The molecule has 0 aromatic heterocycles. The molecule has 2 fully saturated rings. The molecule has 2 aliphatic heterocycles. The smallest absolute Gasteiger partial charge is 0.0829 e. The van der Waals surface area contributed by atoms with E-state index in [1.807, 2.05) is 0 Å². The Morgan fingerprint density at radius 1 is 1.29 bits per heavy atom. The second kappa shape index (κ2) is 6.14. The predicted molar refractivity (Wildman–Crippen MR) is 68.1 cm³/mol. The summed E-state index contributed by atoms with van der Waals surface area (Å²) in [6.07, 6.45) is 2.25. The number of hydrogen-bond donors (Lipinski definition) is 1. The zero-order valence-electron chi connectivity index (χ0n) is 11.1. The van der Waals surface area contributed by atoms with Crippen molar-refractivity contribution >= 4 is 0 Å². The summed E-state index contributed by atoms with van der Waals surface area (Å²) < 4.78 is 5.80. The van der Waals surface area contributed by atoms with Crippen LogP contribution >= 0.6 is 0 Å². The fraction of sp³-hybridized carbons (Fsp3) is 1.00. The Morgan fingerprint density at radius 2 is 2.12 bits per heavy atom. The molecule has 4 nitrogen and oxygen atoms in total. The SMILES string of the molecule is CCC1CN(CC2CN(C)CCO2)CCC1O. The first-order chi connectivity index (χ1) is 8.19. The fourth-order valence-corrected chi connectivity index (χ4v) is 2.93. The number of nitrogens with zero attached hydrogens (tertiary/aromatic N) is 2. The van der Waals surface area contributed by atoms with E-state index in [4.69, 9.17) is 4.74 Å². The van der Waals surface area contributed by atoms with Gasteiger partial charge in [-0.15, -0.1) is 0 Å². The Hall–Kier alpha value is -0.160. The van der Waals surface area contributed by atoms with E-state index in [1.54, 1.807) is 0 Å². The summed E-state index contributed by atoms with van der Waals surface area (Å²) in [4.78, 5) is 4.80. The van der Waals surface area contributed by atoms with Crippen molar-refractivity contribution in [2.45, 2.75) is 32.0 Å². The maximum Gasteiger partial charge on any atom is 0.0829 e. The molecule has 0 radical (unpaired) electrons. The minimum absolute atomic E-state index is 0.0915. The Bertz CT molecular complexity index is 237. The Kier molecular flexibility index (Phi) is 4.79. The molecule has 0 bridgehead atoms. The van der Waals surface area contributed by atoms with E-state index in [9.17, 15) is 5.11 Å². The normalized spacial score (nSPS) is 37.2. The maximum atomic E-state index is 9.87. The van der Waals surface area contributed by atoms with Crippen molar-refractivity contribution in [2.75, 3.05) is 46.4 Å². The van der Waals surface area contributed by atoms with E-state index in [0.29, 0.717) is 12.0 Å². The number of likely N-dealkylation sites (N-methyl/N-ethyl adjacent to an activating group) is 1. The number of hydrogen-bond acceptors (Lipinski definition) is 4. The Morgan fingerprint density at radius 3 is 2.82 bits per heavy atom. The quantitative estimate of drug-likeness (QED) is 0.777. The highest BCUT2D eigenvalue weighted by Gasteiger charge is 2.28. The highest BCUT2D eigenvalue weighted by atomic mass is 16.5. The molecule has 2 heterocycles. The van der Waals surface area contributed by atoms with Crippen molar-refractivity contribution in [2.24, 2.45) is 5.92 Å². The lowest BCUT2D eigenvalue weighted by Crippen LogP contribution is -2.50. The molecule has 17 heavy (non-hydrogen) atoms. The fourth-order valence-electron chi connectivity index (χ4n) is 2.93. The molecular weight excluding hydrogens is 216 g/mol. The Labute approximate surface area is 105 Å². The van der Waals surface area contributed by atoms with Crippen LogP contribution in [0.3, 0.4) is 0 Å². The van der Waals surface area contributed by atoms with Gasteiger partial charge in [0.05, 0.1) is 18.8 Å². The van der Waals surface area contributed by atoms with Crippen molar-refractivity contribution < 1.29 is 9.84 Å². The van der Waals surface area contributed by atoms with Crippen LogP contribution in [-0.2, 0) is 4.74 Å². The van der Waals surface area contributed by atoms with Gasteiger partial charge in [0, 0.05) is 32.7 Å². The molecule has 0 spiro atoms. The third kappa shape index (κ3) is 3.65. The van der Waals surface area contributed by atoms with E-state index in [0.717, 1.165) is 52.2 Å². The van der Waals surface area contributed by atoms with Crippen LogP contribution in [-0.4, -0.2) is 73.5 Å². The number of piperidine rings is 1. The van der Waals surface area contributed by atoms with Gasteiger partial charge < -0.3 is 19.6 Å². The molecule has 4 heteroatoms. The molecule has 1 N–H and O–H groups in total. The first-order valence-corrected chi connectivity index (χ1v) is 6.89. The number of ether oxygens (including phenoxy) is 1. The molecule has 100 valence electrons. The van der Waals surface area contributed by atoms with Crippen molar-refractivity contribution in [3.8, 4) is 0 Å². The monoisotopic (exact) mass is 242 g/mol. The minimum atomic E-state index is -0.0915. The van der Waals surface area contributed by atoms with Crippen LogP contribution in [0.4, 0.5) is 0 Å². The topological polar surface area (TPSA) is 35.9 Å². The van der Waals surface area contributed by atoms with Crippen LogP contribution in [0.2, 0.25) is 0 Å². The summed E-state index contributed by atoms with van der Waals surface area (Å²) in [6.45, 7) is 8.18. The van der Waals surface area contributed by atoms with E-state index >= 15 is 0 Å². The van der Waals surface area contributed by atoms with Gasteiger partial charge in [-0.1, -0.05) is 6.92 Å². The third-order valence-corrected chi connectivity index (χ3v) is 4.11. The highest BCUT2D eigenvalue weighted by molar-refractivity contribution is 4.82. The summed E-state index contributed by atoms with van der Waals surface area (Å²) in [5, 5.41) is 9.87. The van der Waals surface area contributed by atoms with Gasteiger partial charge in [0.2, 0.25) is 0 Å². The number of rotatable bonds is 3. The highest BCUT2D eigenvalue weighted by Crippen LogP contribution is 2.20. The lowest BCUT2D eigenvalue weighted by molar-refractivity contribution is -0.0517. The van der Waals surface area contributed by atoms with Gasteiger partial charge in [-0.05, 0) is 25.8 Å². The predicted octanol–water partition coefficient (Wildman–Crippen LogP) is 0.410. The zero-order valence-corrected chi connectivity index (χ0v) is 11.1. The van der Waals surface area contributed by atoms with Crippen molar-refractivity contribution in [1.29, 1.82) is 0 Å². The van der Waals surface area contributed by atoms with Crippen molar-refractivity contribution in [3.63, 3.8) is 0 Å². The summed E-state index contributed by atoms with van der Waals surface area (Å²) in [5.74, 6) is 0.449. The van der Waals surface area contributed by atoms with Crippen LogP contribution in [0.5, 0.6) is 0 Å². The summed E-state index contributed by atoms with van der Waals surface area (Å²) in [7, 11) is 2.16. The molecule has 0 saturated carbocycles. The van der Waals surface area contributed by atoms with Gasteiger partial charge >= 0.3 is 0 Å². The lowest BCUT2D eigenvalue weighted by atomic mass is 9.92. The molecule has 0 amide bonds. The van der Waals surface area contributed by atoms with E-state index in [1.165, 1.54) is 0 Å². The summed E-state index contributed by atoms with van der Waals surface area (Å²) in [6, 6.07) is 0. The van der Waals surface area contributed by atoms with E-state index in [2.05, 4.69) is 23.8 Å². The first-order valence-electron chi connectivity index (χ1n) is 6.89. The second-order valence-electron chi connectivity index (χ2n) is 5.54. The molecular formula is C13H26N2O2. The van der Waals surface area contributed by atoms with Crippen molar-refractivity contribution in [3.05, 3.63) is 0 Å². The molecule has 3 unspecified atom stereocenters. The second-order valence-corrected chi connectivity index (χ2v) is 5.54. The Balaban J connectivity index is 1.78.